The van der Waals surface area contributed by atoms with Crippen molar-refractivity contribution in [2.75, 3.05) is 0 Å². The molecule has 0 spiro atoms. The Morgan fingerprint density at radius 1 is 0.944 bits per heavy atom. The Kier molecular flexibility index (Phi) is 3.85. The van der Waals surface area contributed by atoms with E-state index in [9.17, 15) is 4.57 Å². The molecule has 1 unspecified atom stereocenters. The largest absolute Gasteiger partial charge is 0.462 e. The van der Waals surface area contributed by atoms with Gasteiger partial charge in [-0.1, -0.05) is 43.0 Å². The molecule has 0 aliphatic heterocycles. The predicted molar refractivity (Wildman–Crippen MR) is 72.0 cm³/mol. The highest BCUT2D eigenvalue weighted by atomic mass is 31.2. The Labute approximate surface area is 106 Å². The standard InChI is InChI=1S/C14H13O3P/c1-2-16-18(15,14-11-7-4-8-12-14)17-13-9-5-3-6-10-13/h2-12H,1H2. The topological polar surface area (TPSA) is 35.5 Å². The van der Waals surface area contributed by atoms with Crippen LogP contribution in [0.25, 0.3) is 0 Å². The van der Waals surface area contributed by atoms with Gasteiger partial charge in [0, 0.05) is 0 Å². The van der Waals surface area contributed by atoms with Crippen molar-refractivity contribution < 1.29 is 13.6 Å². The SMILES string of the molecule is C=COP(=O)(Oc1ccccc1)c1ccccc1. The molecular weight excluding hydrogens is 247 g/mol. The zero-order valence-electron chi connectivity index (χ0n) is 9.73. The molecule has 1 atom stereocenters. The molecule has 0 bridgehead atoms. The highest BCUT2D eigenvalue weighted by Crippen LogP contribution is 2.47. The first-order valence-corrected chi connectivity index (χ1v) is 6.98. The summed E-state index contributed by atoms with van der Waals surface area (Å²) in [5.41, 5.74) is 0. The Morgan fingerprint density at radius 3 is 2.06 bits per heavy atom. The molecular formula is C14H13O3P. The van der Waals surface area contributed by atoms with Crippen molar-refractivity contribution in [1.29, 1.82) is 0 Å². The zero-order chi connectivity index (χ0) is 12.8. The molecule has 0 fully saturated rings. The van der Waals surface area contributed by atoms with Gasteiger partial charge < -0.3 is 9.05 Å². The van der Waals surface area contributed by atoms with Gasteiger partial charge in [-0.2, -0.15) is 0 Å². The minimum atomic E-state index is -3.41. The molecule has 0 N–H and O–H groups in total. The van der Waals surface area contributed by atoms with E-state index in [0.717, 1.165) is 6.26 Å². The summed E-state index contributed by atoms with van der Waals surface area (Å²) in [5, 5.41) is 0.494. The quantitative estimate of drug-likeness (QED) is 0.606. The minimum absolute atomic E-state index is 0.492. The average molecular weight is 260 g/mol. The van der Waals surface area contributed by atoms with Crippen LogP contribution in [0.3, 0.4) is 0 Å². The van der Waals surface area contributed by atoms with Crippen molar-refractivity contribution in [3.05, 3.63) is 73.5 Å². The van der Waals surface area contributed by atoms with Crippen LogP contribution < -0.4 is 9.83 Å². The molecule has 0 aliphatic carbocycles. The maximum absolute atomic E-state index is 12.7. The lowest BCUT2D eigenvalue weighted by Gasteiger charge is -2.17. The van der Waals surface area contributed by atoms with Gasteiger partial charge in [-0.3, -0.25) is 0 Å². The number of hydrogen-bond acceptors (Lipinski definition) is 3. The monoisotopic (exact) mass is 260 g/mol. The maximum Gasteiger partial charge on any atom is 0.462 e. The van der Waals surface area contributed by atoms with Gasteiger partial charge >= 0.3 is 7.60 Å². The summed E-state index contributed by atoms with van der Waals surface area (Å²) in [6.07, 6.45) is 1.14. The molecule has 2 aromatic rings. The van der Waals surface area contributed by atoms with Crippen LogP contribution in [0.5, 0.6) is 5.75 Å². The second-order valence-corrected chi connectivity index (χ2v) is 5.41. The number of benzene rings is 2. The maximum atomic E-state index is 12.7. The van der Waals surface area contributed by atoms with Gasteiger partial charge in [-0.15, -0.1) is 0 Å². The van der Waals surface area contributed by atoms with Crippen LogP contribution >= 0.6 is 7.60 Å². The summed E-state index contributed by atoms with van der Waals surface area (Å²) in [4.78, 5) is 0. The van der Waals surface area contributed by atoms with Gasteiger partial charge in [-0.05, 0) is 24.3 Å². The van der Waals surface area contributed by atoms with Crippen molar-refractivity contribution in [2.45, 2.75) is 0 Å². The van der Waals surface area contributed by atoms with Crippen LogP contribution in [0.1, 0.15) is 0 Å². The summed E-state index contributed by atoms with van der Waals surface area (Å²) >= 11 is 0. The number of rotatable bonds is 5. The van der Waals surface area contributed by atoms with Crippen molar-refractivity contribution in [2.24, 2.45) is 0 Å². The van der Waals surface area contributed by atoms with Crippen LogP contribution in [0, 0.1) is 0 Å². The smallest absolute Gasteiger partial charge is 0.421 e. The lowest BCUT2D eigenvalue weighted by Crippen LogP contribution is -2.10. The second-order valence-electron chi connectivity index (χ2n) is 3.51. The molecule has 0 radical (unpaired) electrons. The van der Waals surface area contributed by atoms with Crippen LogP contribution in [0.15, 0.2) is 73.5 Å². The Balaban J connectivity index is 2.33. The van der Waals surface area contributed by atoms with E-state index in [1.54, 1.807) is 48.5 Å². The highest BCUT2D eigenvalue weighted by Gasteiger charge is 2.29. The van der Waals surface area contributed by atoms with Crippen molar-refractivity contribution in [1.82, 2.24) is 0 Å². The molecule has 0 saturated carbocycles. The van der Waals surface area contributed by atoms with Gasteiger partial charge in [-0.25, -0.2) is 4.57 Å². The minimum Gasteiger partial charge on any atom is -0.421 e. The molecule has 3 nitrogen and oxygen atoms in total. The fourth-order valence-electron chi connectivity index (χ4n) is 1.46. The van der Waals surface area contributed by atoms with E-state index in [1.165, 1.54) is 0 Å². The first kappa shape index (κ1) is 12.5. The van der Waals surface area contributed by atoms with Crippen LogP contribution in [0.2, 0.25) is 0 Å². The third-order valence-corrected chi connectivity index (χ3v) is 4.06. The Morgan fingerprint density at radius 2 is 1.50 bits per heavy atom. The third kappa shape index (κ3) is 2.82. The van der Waals surface area contributed by atoms with E-state index >= 15 is 0 Å². The fraction of sp³-hybridized carbons (Fsp3) is 0. The Hall–Kier alpha value is -1.99. The Bertz CT molecular complexity index is 552. The molecule has 2 rings (SSSR count). The van der Waals surface area contributed by atoms with Crippen molar-refractivity contribution in [3.63, 3.8) is 0 Å². The van der Waals surface area contributed by atoms with E-state index in [0.29, 0.717) is 11.1 Å². The first-order valence-electron chi connectivity index (χ1n) is 5.44. The summed E-state index contributed by atoms with van der Waals surface area (Å²) in [7, 11) is -3.41. The zero-order valence-corrected chi connectivity index (χ0v) is 10.6. The lowest BCUT2D eigenvalue weighted by atomic mass is 10.3. The molecule has 0 aromatic heterocycles. The molecule has 2 aromatic carbocycles. The van der Waals surface area contributed by atoms with E-state index in [-0.39, 0.29) is 0 Å². The summed E-state index contributed by atoms with van der Waals surface area (Å²) < 4.78 is 23.3. The normalized spacial score (nSPS) is 13.3. The van der Waals surface area contributed by atoms with Crippen LogP contribution in [0.4, 0.5) is 0 Å². The number of para-hydroxylation sites is 1. The molecule has 4 heteroatoms. The summed E-state index contributed by atoms with van der Waals surface area (Å²) in [5.74, 6) is 0.492. The fourth-order valence-corrected chi connectivity index (χ4v) is 2.87. The third-order valence-electron chi connectivity index (χ3n) is 2.25. The highest BCUT2D eigenvalue weighted by molar-refractivity contribution is 7.62. The average Bonchev–Trinajstić information content (AvgIpc) is 2.41. The van der Waals surface area contributed by atoms with Crippen molar-refractivity contribution in [3.8, 4) is 5.75 Å². The first-order chi connectivity index (χ1) is 8.74. The van der Waals surface area contributed by atoms with E-state index in [4.69, 9.17) is 9.05 Å². The molecule has 92 valence electrons. The van der Waals surface area contributed by atoms with E-state index < -0.39 is 7.60 Å². The number of hydrogen-bond donors (Lipinski definition) is 0. The van der Waals surface area contributed by atoms with Crippen molar-refractivity contribution >= 4 is 12.9 Å². The summed E-state index contributed by atoms with van der Waals surface area (Å²) in [6.45, 7) is 3.44. The van der Waals surface area contributed by atoms with E-state index in [2.05, 4.69) is 6.58 Å². The lowest BCUT2D eigenvalue weighted by molar-refractivity contribution is 0.368. The second kappa shape index (κ2) is 5.56. The van der Waals surface area contributed by atoms with E-state index in [1.807, 2.05) is 12.1 Å². The van der Waals surface area contributed by atoms with Crippen LogP contribution in [-0.4, -0.2) is 0 Å². The molecule has 0 aliphatic rings. The van der Waals surface area contributed by atoms with Crippen LogP contribution in [-0.2, 0) is 9.09 Å². The molecule has 0 heterocycles. The van der Waals surface area contributed by atoms with Gasteiger partial charge in [0.1, 0.15) is 5.75 Å². The van der Waals surface area contributed by atoms with Gasteiger partial charge in [0.15, 0.2) is 0 Å². The molecule has 18 heavy (non-hydrogen) atoms. The van der Waals surface area contributed by atoms with Gasteiger partial charge in [0.25, 0.3) is 0 Å². The molecule has 0 amide bonds. The predicted octanol–water partition coefficient (Wildman–Crippen LogP) is 3.74. The molecule has 0 saturated heterocycles. The van der Waals surface area contributed by atoms with Gasteiger partial charge in [0.05, 0.1) is 11.6 Å². The summed E-state index contributed by atoms with van der Waals surface area (Å²) in [6, 6.07) is 17.7. The van der Waals surface area contributed by atoms with Gasteiger partial charge in [0.2, 0.25) is 0 Å².